The second kappa shape index (κ2) is 3.13. The summed E-state index contributed by atoms with van der Waals surface area (Å²) >= 11 is 0. The molecule has 2 aliphatic heterocycles. The third kappa shape index (κ3) is 2.14. The SMILES string of the molecule is FC(F)(F)CN1CC2CNCC2C1. The molecule has 0 aromatic heterocycles. The number of alkyl halides is 3. The van der Waals surface area contributed by atoms with Gasteiger partial charge in [-0.1, -0.05) is 0 Å². The molecule has 2 nitrogen and oxygen atoms in total. The van der Waals surface area contributed by atoms with Gasteiger partial charge in [-0.3, -0.25) is 4.90 Å². The van der Waals surface area contributed by atoms with Gasteiger partial charge >= 0.3 is 6.18 Å². The maximum absolute atomic E-state index is 12.0. The Morgan fingerprint density at radius 2 is 1.69 bits per heavy atom. The van der Waals surface area contributed by atoms with Gasteiger partial charge in [0, 0.05) is 13.1 Å². The topological polar surface area (TPSA) is 15.3 Å². The van der Waals surface area contributed by atoms with E-state index in [1.54, 1.807) is 0 Å². The molecule has 0 spiro atoms. The molecule has 2 aliphatic rings. The van der Waals surface area contributed by atoms with Gasteiger partial charge in [-0.2, -0.15) is 13.2 Å². The highest BCUT2D eigenvalue weighted by molar-refractivity contribution is 4.91. The molecule has 2 atom stereocenters. The molecule has 0 radical (unpaired) electrons. The Morgan fingerprint density at radius 1 is 1.15 bits per heavy atom. The number of likely N-dealkylation sites (tertiary alicyclic amines) is 1. The summed E-state index contributed by atoms with van der Waals surface area (Å²) in [7, 11) is 0. The van der Waals surface area contributed by atoms with Gasteiger partial charge in [0.2, 0.25) is 0 Å². The molecular formula is C8H13F3N2. The molecular weight excluding hydrogens is 181 g/mol. The molecule has 2 unspecified atom stereocenters. The highest BCUT2D eigenvalue weighted by Crippen LogP contribution is 2.28. The summed E-state index contributed by atoms with van der Waals surface area (Å²) in [6, 6.07) is 0. The first-order valence-electron chi connectivity index (χ1n) is 4.54. The quantitative estimate of drug-likeness (QED) is 0.661. The number of hydrogen-bond acceptors (Lipinski definition) is 2. The lowest BCUT2D eigenvalue weighted by Gasteiger charge is -2.18. The van der Waals surface area contributed by atoms with Crippen LogP contribution >= 0.6 is 0 Å². The van der Waals surface area contributed by atoms with Crippen molar-refractivity contribution < 1.29 is 13.2 Å². The Balaban J connectivity index is 1.85. The van der Waals surface area contributed by atoms with Crippen molar-refractivity contribution in [2.24, 2.45) is 11.8 Å². The van der Waals surface area contributed by atoms with Crippen molar-refractivity contribution in [1.29, 1.82) is 0 Å². The summed E-state index contributed by atoms with van der Waals surface area (Å²) in [6.07, 6.45) is -4.04. The van der Waals surface area contributed by atoms with Crippen LogP contribution in [0.4, 0.5) is 13.2 Å². The number of halogens is 3. The third-order valence-corrected chi connectivity index (χ3v) is 2.87. The summed E-state index contributed by atoms with van der Waals surface area (Å²) in [6.45, 7) is 2.26. The minimum Gasteiger partial charge on any atom is -0.316 e. The van der Waals surface area contributed by atoms with Crippen molar-refractivity contribution in [2.75, 3.05) is 32.7 Å². The van der Waals surface area contributed by atoms with Crippen LogP contribution in [0.2, 0.25) is 0 Å². The van der Waals surface area contributed by atoms with Crippen LogP contribution in [-0.2, 0) is 0 Å². The summed E-state index contributed by atoms with van der Waals surface area (Å²) in [5.41, 5.74) is 0. The lowest BCUT2D eigenvalue weighted by atomic mass is 10.0. The van der Waals surface area contributed by atoms with Gasteiger partial charge in [-0.05, 0) is 24.9 Å². The zero-order valence-electron chi connectivity index (χ0n) is 7.27. The van der Waals surface area contributed by atoms with E-state index in [9.17, 15) is 13.2 Å². The predicted molar refractivity (Wildman–Crippen MR) is 42.3 cm³/mol. The number of rotatable bonds is 1. The number of nitrogens with zero attached hydrogens (tertiary/aromatic N) is 1. The van der Waals surface area contributed by atoms with E-state index in [0.29, 0.717) is 24.9 Å². The first kappa shape index (κ1) is 9.27. The van der Waals surface area contributed by atoms with Gasteiger partial charge in [0.05, 0.1) is 6.54 Å². The predicted octanol–water partition coefficient (Wildman–Crippen LogP) is 0.700. The number of hydrogen-bond donors (Lipinski definition) is 1. The number of fused-ring (bicyclic) bond motifs is 1. The Hall–Kier alpha value is -0.290. The minimum atomic E-state index is -4.04. The molecule has 1 N–H and O–H groups in total. The van der Waals surface area contributed by atoms with E-state index < -0.39 is 12.7 Å². The molecule has 13 heavy (non-hydrogen) atoms. The van der Waals surface area contributed by atoms with E-state index in [0.717, 1.165) is 13.1 Å². The first-order valence-corrected chi connectivity index (χ1v) is 4.54. The number of nitrogens with one attached hydrogen (secondary N) is 1. The summed E-state index contributed by atoms with van der Waals surface area (Å²) < 4.78 is 36.1. The molecule has 0 saturated carbocycles. The van der Waals surface area contributed by atoms with Gasteiger partial charge in [-0.25, -0.2) is 0 Å². The zero-order chi connectivity index (χ0) is 9.47. The first-order chi connectivity index (χ1) is 6.04. The fraction of sp³-hybridized carbons (Fsp3) is 1.00. The lowest BCUT2D eigenvalue weighted by Crippen LogP contribution is -2.34. The molecule has 0 aromatic rings. The van der Waals surface area contributed by atoms with Gasteiger partial charge in [0.1, 0.15) is 0 Å². The second-order valence-electron chi connectivity index (χ2n) is 3.99. The summed E-state index contributed by atoms with van der Waals surface area (Å²) in [5, 5.41) is 3.20. The Morgan fingerprint density at radius 3 is 2.15 bits per heavy atom. The van der Waals surface area contributed by atoms with E-state index in [1.165, 1.54) is 4.90 Å². The summed E-state index contributed by atoms with van der Waals surface area (Å²) in [4.78, 5) is 1.52. The van der Waals surface area contributed by atoms with Crippen molar-refractivity contribution in [1.82, 2.24) is 10.2 Å². The molecule has 0 aromatic carbocycles. The molecule has 0 amide bonds. The van der Waals surface area contributed by atoms with Gasteiger partial charge in [-0.15, -0.1) is 0 Å². The lowest BCUT2D eigenvalue weighted by molar-refractivity contribution is -0.144. The van der Waals surface area contributed by atoms with E-state index in [1.807, 2.05) is 0 Å². The van der Waals surface area contributed by atoms with E-state index in [4.69, 9.17) is 0 Å². The maximum atomic E-state index is 12.0. The fourth-order valence-electron chi connectivity index (χ4n) is 2.34. The Bertz CT molecular complexity index is 180. The zero-order valence-corrected chi connectivity index (χ0v) is 7.27. The van der Waals surface area contributed by atoms with E-state index in [-0.39, 0.29) is 0 Å². The Kier molecular flexibility index (Phi) is 2.23. The van der Waals surface area contributed by atoms with E-state index >= 15 is 0 Å². The smallest absolute Gasteiger partial charge is 0.316 e. The average molecular weight is 194 g/mol. The van der Waals surface area contributed by atoms with Crippen molar-refractivity contribution >= 4 is 0 Å². The molecule has 2 heterocycles. The molecule has 2 fully saturated rings. The molecule has 0 aliphatic carbocycles. The summed E-state index contributed by atoms with van der Waals surface area (Å²) in [5.74, 6) is 0.893. The maximum Gasteiger partial charge on any atom is 0.401 e. The minimum absolute atomic E-state index is 0.447. The van der Waals surface area contributed by atoms with Gasteiger partial charge in [0.15, 0.2) is 0 Å². The normalized spacial score (nSPS) is 35.3. The highest BCUT2D eigenvalue weighted by atomic mass is 19.4. The van der Waals surface area contributed by atoms with Crippen LogP contribution in [0.15, 0.2) is 0 Å². The van der Waals surface area contributed by atoms with Crippen LogP contribution in [0.5, 0.6) is 0 Å². The second-order valence-corrected chi connectivity index (χ2v) is 3.99. The van der Waals surface area contributed by atoms with Crippen LogP contribution in [0.25, 0.3) is 0 Å². The molecule has 76 valence electrons. The molecule has 2 rings (SSSR count). The molecule has 2 saturated heterocycles. The van der Waals surface area contributed by atoms with Crippen LogP contribution < -0.4 is 5.32 Å². The van der Waals surface area contributed by atoms with Gasteiger partial charge in [0.25, 0.3) is 0 Å². The average Bonchev–Trinajstić information content (AvgIpc) is 2.40. The third-order valence-electron chi connectivity index (χ3n) is 2.87. The van der Waals surface area contributed by atoms with Crippen LogP contribution in [0, 0.1) is 11.8 Å². The van der Waals surface area contributed by atoms with Crippen LogP contribution in [0.3, 0.4) is 0 Å². The van der Waals surface area contributed by atoms with Crippen molar-refractivity contribution in [3.05, 3.63) is 0 Å². The molecule has 5 heteroatoms. The van der Waals surface area contributed by atoms with Crippen LogP contribution in [-0.4, -0.2) is 43.8 Å². The van der Waals surface area contributed by atoms with Gasteiger partial charge < -0.3 is 5.32 Å². The largest absolute Gasteiger partial charge is 0.401 e. The Labute approximate surface area is 75.1 Å². The monoisotopic (exact) mass is 194 g/mol. The standard InChI is InChI=1S/C8H13F3N2/c9-8(10,11)5-13-3-6-1-12-2-7(6)4-13/h6-7,12H,1-5H2. The fourth-order valence-corrected chi connectivity index (χ4v) is 2.34. The van der Waals surface area contributed by atoms with Crippen molar-refractivity contribution in [2.45, 2.75) is 6.18 Å². The van der Waals surface area contributed by atoms with Crippen molar-refractivity contribution in [3.63, 3.8) is 0 Å². The van der Waals surface area contributed by atoms with Crippen molar-refractivity contribution in [3.8, 4) is 0 Å². The highest BCUT2D eigenvalue weighted by Gasteiger charge is 2.40. The van der Waals surface area contributed by atoms with E-state index in [2.05, 4.69) is 5.32 Å². The molecule has 0 bridgehead atoms. The van der Waals surface area contributed by atoms with Crippen LogP contribution in [0.1, 0.15) is 0 Å².